The number of rotatable bonds is 5. The van der Waals surface area contributed by atoms with E-state index in [1.165, 1.54) is 0 Å². The third kappa shape index (κ3) is 2.94. The van der Waals surface area contributed by atoms with Crippen molar-refractivity contribution in [3.8, 4) is 0 Å². The lowest BCUT2D eigenvalue weighted by atomic mass is 10.2. The molecule has 0 atom stereocenters. The van der Waals surface area contributed by atoms with Crippen molar-refractivity contribution in [2.45, 2.75) is 33.2 Å². The molecule has 0 fully saturated rings. The maximum atomic E-state index is 11.2. The van der Waals surface area contributed by atoms with Gasteiger partial charge in [0.05, 0.1) is 0 Å². The first-order valence-corrected chi connectivity index (χ1v) is 4.97. The first-order chi connectivity index (χ1) is 7.02. The van der Waals surface area contributed by atoms with E-state index in [1.54, 1.807) is 6.92 Å². The highest BCUT2D eigenvalue weighted by Crippen LogP contribution is 2.11. The number of nitrogens with two attached hydrogens (primary N) is 1. The molecule has 1 rings (SSSR count). The molecule has 1 aromatic heterocycles. The number of Topliss-reactive ketones (excluding diaryl/α,β-unsaturated/α-hetero) is 1. The summed E-state index contributed by atoms with van der Waals surface area (Å²) in [6.07, 6.45) is 2.96. The van der Waals surface area contributed by atoms with Crippen molar-refractivity contribution in [2.24, 2.45) is 5.73 Å². The molecule has 2 N–H and O–H groups in total. The van der Waals surface area contributed by atoms with Gasteiger partial charge in [-0.15, -0.1) is 0 Å². The second-order valence-corrected chi connectivity index (χ2v) is 3.63. The van der Waals surface area contributed by atoms with Gasteiger partial charge in [-0.05, 0) is 26.3 Å². The molecule has 0 unspecified atom stereocenters. The van der Waals surface area contributed by atoms with Crippen LogP contribution in [-0.4, -0.2) is 16.3 Å². The van der Waals surface area contributed by atoms with Gasteiger partial charge >= 0.3 is 0 Å². The summed E-state index contributed by atoms with van der Waals surface area (Å²) in [6, 6.07) is 1.81. The molecule has 0 saturated heterocycles. The second kappa shape index (κ2) is 4.77. The summed E-state index contributed by atoms with van der Waals surface area (Å²) in [6.45, 7) is 4.18. The number of nitrogens with zero attached hydrogens (tertiary/aromatic N) is 1. The number of hydrogen-bond donors (Lipinski definition) is 1. The van der Waals surface area contributed by atoms with Gasteiger partial charge in [0.25, 0.3) is 0 Å². The van der Waals surface area contributed by atoms with Gasteiger partial charge in [-0.2, -0.15) is 0 Å². The van der Waals surface area contributed by atoms with Crippen LogP contribution in [0, 0.1) is 6.92 Å². The van der Waals surface area contributed by atoms with Crippen molar-refractivity contribution < 1.29 is 9.59 Å². The third-order valence-electron chi connectivity index (χ3n) is 2.44. The third-order valence-corrected chi connectivity index (χ3v) is 2.44. The van der Waals surface area contributed by atoms with Crippen molar-refractivity contribution in [1.29, 1.82) is 0 Å². The Labute approximate surface area is 89.1 Å². The lowest BCUT2D eigenvalue weighted by Gasteiger charge is -2.05. The Morgan fingerprint density at radius 2 is 2.13 bits per heavy atom. The Morgan fingerprint density at radius 3 is 2.60 bits per heavy atom. The molecule has 15 heavy (non-hydrogen) atoms. The first kappa shape index (κ1) is 11.5. The first-order valence-electron chi connectivity index (χ1n) is 4.97. The molecule has 82 valence electrons. The highest BCUT2D eigenvalue weighted by atomic mass is 16.1. The smallest absolute Gasteiger partial charge is 0.217 e. The number of amides is 1. The Hall–Kier alpha value is -1.58. The molecule has 0 aliphatic rings. The van der Waals surface area contributed by atoms with E-state index in [2.05, 4.69) is 0 Å². The summed E-state index contributed by atoms with van der Waals surface area (Å²) < 4.78 is 1.97. The van der Waals surface area contributed by atoms with Crippen LogP contribution in [0.3, 0.4) is 0 Å². The molecular weight excluding hydrogens is 192 g/mol. The van der Waals surface area contributed by atoms with Gasteiger partial charge in [0.15, 0.2) is 5.78 Å². The minimum Gasteiger partial charge on any atom is -0.370 e. The SMILES string of the molecule is CC(=O)c1ccn(CCCC(N)=O)c1C. The van der Waals surface area contributed by atoms with Crippen molar-refractivity contribution in [3.63, 3.8) is 0 Å². The van der Waals surface area contributed by atoms with Crippen molar-refractivity contribution in [3.05, 3.63) is 23.5 Å². The van der Waals surface area contributed by atoms with Crippen LogP contribution in [-0.2, 0) is 11.3 Å². The van der Waals surface area contributed by atoms with Crippen LogP contribution in [0.15, 0.2) is 12.3 Å². The molecule has 1 amide bonds. The Kier molecular flexibility index (Phi) is 3.66. The number of primary amides is 1. The predicted molar refractivity (Wildman–Crippen MR) is 57.6 cm³/mol. The second-order valence-electron chi connectivity index (χ2n) is 3.63. The number of aryl methyl sites for hydroxylation is 1. The number of carbonyl (C=O) groups excluding carboxylic acids is 2. The number of aromatic nitrogens is 1. The van der Waals surface area contributed by atoms with E-state index >= 15 is 0 Å². The Balaban J connectivity index is 2.63. The minimum atomic E-state index is -0.286. The average molecular weight is 208 g/mol. The number of carbonyl (C=O) groups is 2. The molecule has 0 aliphatic carbocycles. The predicted octanol–water partition coefficient (Wildman–Crippen LogP) is 1.26. The number of ketones is 1. The fourth-order valence-corrected chi connectivity index (χ4v) is 1.59. The highest BCUT2D eigenvalue weighted by molar-refractivity contribution is 5.95. The van der Waals surface area contributed by atoms with Crippen LogP contribution in [0.5, 0.6) is 0 Å². The fraction of sp³-hybridized carbons (Fsp3) is 0.455. The molecule has 0 radical (unpaired) electrons. The van der Waals surface area contributed by atoms with Crippen LogP contribution in [0.2, 0.25) is 0 Å². The maximum absolute atomic E-state index is 11.2. The van der Waals surface area contributed by atoms with Crippen molar-refractivity contribution in [2.75, 3.05) is 0 Å². The lowest BCUT2D eigenvalue weighted by Crippen LogP contribution is -2.11. The molecule has 1 aromatic rings. The van der Waals surface area contributed by atoms with E-state index in [-0.39, 0.29) is 11.7 Å². The fourth-order valence-electron chi connectivity index (χ4n) is 1.59. The summed E-state index contributed by atoms with van der Waals surface area (Å²) in [5, 5.41) is 0. The van der Waals surface area contributed by atoms with Crippen molar-refractivity contribution in [1.82, 2.24) is 4.57 Å². The molecule has 0 aliphatic heterocycles. The molecule has 0 aromatic carbocycles. The van der Waals surface area contributed by atoms with Crippen LogP contribution in [0.1, 0.15) is 35.8 Å². The molecule has 0 spiro atoms. The van der Waals surface area contributed by atoms with E-state index in [1.807, 2.05) is 23.8 Å². The molecule has 0 saturated carbocycles. The van der Waals surface area contributed by atoms with Gasteiger partial charge in [0, 0.05) is 30.4 Å². The van der Waals surface area contributed by atoms with Gasteiger partial charge in [0.2, 0.25) is 5.91 Å². The lowest BCUT2D eigenvalue weighted by molar-refractivity contribution is -0.118. The highest BCUT2D eigenvalue weighted by Gasteiger charge is 2.08. The van der Waals surface area contributed by atoms with E-state index < -0.39 is 0 Å². The Bertz CT molecular complexity index is 380. The molecule has 4 heteroatoms. The zero-order chi connectivity index (χ0) is 11.4. The maximum Gasteiger partial charge on any atom is 0.217 e. The van der Waals surface area contributed by atoms with E-state index in [0.29, 0.717) is 12.8 Å². The standard InChI is InChI=1S/C11H16N2O2/c1-8-10(9(2)14)5-7-13(8)6-3-4-11(12)15/h5,7H,3-4,6H2,1-2H3,(H2,12,15). The molecule has 4 nitrogen and oxygen atoms in total. The van der Waals surface area contributed by atoms with Crippen LogP contribution < -0.4 is 5.73 Å². The number of hydrogen-bond acceptors (Lipinski definition) is 2. The van der Waals surface area contributed by atoms with Gasteiger partial charge in [-0.25, -0.2) is 0 Å². The average Bonchev–Trinajstić information content (AvgIpc) is 2.47. The molecule has 0 bridgehead atoms. The topological polar surface area (TPSA) is 65.1 Å². The van der Waals surface area contributed by atoms with Gasteiger partial charge < -0.3 is 10.3 Å². The van der Waals surface area contributed by atoms with Crippen LogP contribution >= 0.6 is 0 Å². The van der Waals surface area contributed by atoms with E-state index in [9.17, 15) is 9.59 Å². The van der Waals surface area contributed by atoms with Crippen molar-refractivity contribution >= 4 is 11.7 Å². The quantitative estimate of drug-likeness (QED) is 0.740. The van der Waals surface area contributed by atoms with Gasteiger partial charge in [-0.1, -0.05) is 0 Å². The normalized spacial score (nSPS) is 10.3. The Morgan fingerprint density at radius 1 is 1.47 bits per heavy atom. The zero-order valence-electron chi connectivity index (χ0n) is 9.12. The van der Waals surface area contributed by atoms with Crippen LogP contribution in [0.25, 0.3) is 0 Å². The molecule has 1 heterocycles. The summed E-state index contributed by atoms with van der Waals surface area (Å²) in [5.41, 5.74) is 6.74. The summed E-state index contributed by atoms with van der Waals surface area (Å²) in [5.74, 6) is -0.215. The summed E-state index contributed by atoms with van der Waals surface area (Å²) >= 11 is 0. The monoisotopic (exact) mass is 208 g/mol. The van der Waals surface area contributed by atoms with E-state index in [4.69, 9.17) is 5.73 Å². The van der Waals surface area contributed by atoms with E-state index in [0.717, 1.165) is 17.8 Å². The summed E-state index contributed by atoms with van der Waals surface area (Å²) in [4.78, 5) is 21.7. The molecular formula is C11H16N2O2. The zero-order valence-corrected chi connectivity index (χ0v) is 9.12. The largest absolute Gasteiger partial charge is 0.370 e. The minimum absolute atomic E-state index is 0.0705. The van der Waals surface area contributed by atoms with Gasteiger partial charge in [-0.3, -0.25) is 9.59 Å². The van der Waals surface area contributed by atoms with Crippen LogP contribution in [0.4, 0.5) is 0 Å². The summed E-state index contributed by atoms with van der Waals surface area (Å²) in [7, 11) is 0. The van der Waals surface area contributed by atoms with Gasteiger partial charge in [0.1, 0.15) is 0 Å².